The summed E-state index contributed by atoms with van der Waals surface area (Å²) in [7, 11) is -2.96. The van der Waals surface area contributed by atoms with E-state index in [1.165, 1.54) is 25.3 Å². The SMILES string of the molecule is COC(=O)c1ccc(Cl)c(NS(=O)(=O)c2nnc(NC(=O)c3ccccc3)s2)c1. The number of anilines is 2. The lowest BCUT2D eigenvalue weighted by atomic mass is 10.2. The molecule has 12 heteroatoms. The van der Waals surface area contributed by atoms with E-state index in [0.717, 1.165) is 0 Å². The van der Waals surface area contributed by atoms with Gasteiger partial charge >= 0.3 is 5.97 Å². The van der Waals surface area contributed by atoms with E-state index in [4.69, 9.17) is 11.6 Å². The zero-order chi connectivity index (χ0) is 21.0. The molecular weight excluding hydrogens is 440 g/mol. The van der Waals surface area contributed by atoms with E-state index < -0.39 is 21.9 Å². The van der Waals surface area contributed by atoms with Crippen LogP contribution in [0.25, 0.3) is 0 Å². The molecule has 9 nitrogen and oxygen atoms in total. The smallest absolute Gasteiger partial charge is 0.337 e. The van der Waals surface area contributed by atoms with Crippen LogP contribution >= 0.6 is 22.9 Å². The first-order valence-corrected chi connectivity index (χ1v) is 10.6. The molecule has 1 amide bonds. The van der Waals surface area contributed by atoms with Gasteiger partial charge in [0.2, 0.25) is 5.13 Å². The molecule has 1 aromatic heterocycles. The number of sulfonamides is 1. The third kappa shape index (κ3) is 4.88. The highest BCUT2D eigenvalue weighted by Gasteiger charge is 2.23. The minimum absolute atomic E-state index is 0.00800. The number of nitrogens with one attached hydrogen (secondary N) is 2. The summed E-state index contributed by atoms with van der Waals surface area (Å²) >= 11 is 6.67. The van der Waals surface area contributed by atoms with Crippen molar-refractivity contribution in [2.75, 3.05) is 17.1 Å². The molecule has 0 bridgehead atoms. The van der Waals surface area contributed by atoms with Crippen molar-refractivity contribution in [2.45, 2.75) is 4.34 Å². The van der Waals surface area contributed by atoms with Crippen molar-refractivity contribution in [2.24, 2.45) is 0 Å². The van der Waals surface area contributed by atoms with Crippen molar-refractivity contribution in [1.82, 2.24) is 10.2 Å². The fourth-order valence-electron chi connectivity index (χ4n) is 2.16. The second-order valence-corrected chi connectivity index (χ2v) is 8.73. The molecule has 0 radical (unpaired) electrons. The Morgan fingerprint density at radius 3 is 2.48 bits per heavy atom. The van der Waals surface area contributed by atoms with Gasteiger partial charge in [-0.25, -0.2) is 4.79 Å². The highest BCUT2D eigenvalue weighted by atomic mass is 35.5. The lowest BCUT2D eigenvalue weighted by Gasteiger charge is -2.08. The minimum Gasteiger partial charge on any atom is -0.465 e. The molecule has 150 valence electrons. The van der Waals surface area contributed by atoms with Crippen LogP contribution in [0.4, 0.5) is 10.8 Å². The summed E-state index contributed by atoms with van der Waals surface area (Å²) in [6, 6.07) is 12.4. The number of halogens is 1. The fraction of sp³-hybridized carbons (Fsp3) is 0.0588. The Morgan fingerprint density at radius 1 is 1.07 bits per heavy atom. The van der Waals surface area contributed by atoms with Gasteiger partial charge in [-0.2, -0.15) is 8.42 Å². The van der Waals surface area contributed by atoms with Crippen LogP contribution < -0.4 is 10.0 Å². The molecule has 0 unspecified atom stereocenters. The normalized spacial score (nSPS) is 11.0. The number of rotatable bonds is 6. The molecule has 0 aliphatic carbocycles. The fourth-order valence-corrected chi connectivity index (χ4v) is 4.35. The maximum absolute atomic E-state index is 12.6. The average molecular weight is 453 g/mol. The summed E-state index contributed by atoms with van der Waals surface area (Å²) < 4.78 is 31.6. The molecule has 0 saturated heterocycles. The number of hydrogen-bond acceptors (Lipinski definition) is 8. The molecule has 1 heterocycles. The van der Waals surface area contributed by atoms with Crippen LogP contribution in [0.3, 0.4) is 0 Å². The van der Waals surface area contributed by atoms with E-state index >= 15 is 0 Å². The van der Waals surface area contributed by atoms with Gasteiger partial charge < -0.3 is 4.74 Å². The predicted octanol–water partition coefficient (Wildman–Crippen LogP) is 3.03. The van der Waals surface area contributed by atoms with Gasteiger partial charge in [0.1, 0.15) is 0 Å². The van der Waals surface area contributed by atoms with Gasteiger partial charge in [0.05, 0.1) is 23.4 Å². The van der Waals surface area contributed by atoms with Crippen LogP contribution in [0.5, 0.6) is 0 Å². The second-order valence-electron chi connectivity index (χ2n) is 5.48. The first-order valence-electron chi connectivity index (χ1n) is 7.91. The van der Waals surface area contributed by atoms with Crippen molar-refractivity contribution in [1.29, 1.82) is 0 Å². The van der Waals surface area contributed by atoms with Crippen LogP contribution in [-0.2, 0) is 14.8 Å². The van der Waals surface area contributed by atoms with Crippen LogP contribution in [0.15, 0.2) is 52.9 Å². The van der Waals surface area contributed by atoms with Crippen molar-refractivity contribution in [3.63, 3.8) is 0 Å². The number of aromatic nitrogens is 2. The van der Waals surface area contributed by atoms with Crippen molar-refractivity contribution in [3.05, 3.63) is 64.7 Å². The number of carbonyl (C=O) groups is 2. The molecular formula is C17H13ClN4O5S2. The number of carbonyl (C=O) groups excluding carboxylic acids is 2. The lowest BCUT2D eigenvalue weighted by Crippen LogP contribution is -2.14. The van der Waals surface area contributed by atoms with E-state index in [-0.39, 0.29) is 25.7 Å². The van der Waals surface area contributed by atoms with E-state index in [1.807, 2.05) is 0 Å². The summed E-state index contributed by atoms with van der Waals surface area (Å²) in [6.45, 7) is 0. The van der Waals surface area contributed by atoms with Gasteiger partial charge in [0, 0.05) is 5.56 Å². The molecule has 2 aromatic carbocycles. The number of esters is 1. The molecule has 0 fully saturated rings. The summed E-state index contributed by atoms with van der Waals surface area (Å²) in [5, 5.41) is 9.85. The standard InChI is InChI=1S/C17H13ClN4O5S2/c1-27-15(24)11-7-8-12(18)13(9-11)22-29(25,26)17-21-20-16(28-17)19-14(23)10-5-3-2-4-6-10/h2-9,22H,1H3,(H,19,20,23). The maximum Gasteiger partial charge on any atom is 0.337 e. The topological polar surface area (TPSA) is 127 Å². The molecule has 0 aliphatic heterocycles. The molecule has 3 rings (SSSR count). The van der Waals surface area contributed by atoms with E-state index in [2.05, 4.69) is 25.0 Å². The van der Waals surface area contributed by atoms with E-state index in [9.17, 15) is 18.0 Å². The van der Waals surface area contributed by atoms with Crippen LogP contribution in [0, 0.1) is 0 Å². The van der Waals surface area contributed by atoms with Crippen LogP contribution in [-0.4, -0.2) is 37.6 Å². The number of benzene rings is 2. The molecule has 0 aliphatic rings. The van der Waals surface area contributed by atoms with Gasteiger partial charge in [0.15, 0.2) is 0 Å². The largest absolute Gasteiger partial charge is 0.465 e. The zero-order valence-electron chi connectivity index (χ0n) is 14.7. The summed E-state index contributed by atoms with van der Waals surface area (Å²) in [4.78, 5) is 23.8. The first kappa shape index (κ1) is 20.7. The van der Waals surface area contributed by atoms with E-state index in [0.29, 0.717) is 16.9 Å². The summed E-state index contributed by atoms with van der Waals surface area (Å²) in [5.41, 5.74) is 0.471. The molecule has 3 aromatic rings. The summed E-state index contributed by atoms with van der Waals surface area (Å²) in [6.07, 6.45) is 0. The Hall–Kier alpha value is -3.02. The molecule has 2 N–H and O–H groups in total. The quantitative estimate of drug-likeness (QED) is 0.434. The Bertz CT molecular complexity index is 1170. The highest BCUT2D eigenvalue weighted by Crippen LogP contribution is 2.28. The minimum atomic E-state index is -4.16. The average Bonchev–Trinajstić information content (AvgIpc) is 3.19. The zero-order valence-corrected chi connectivity index (χ0v) is 17.1. The Balaban J connectivity index is 1.79. The third-order valence-corrected chi connectivity index (χ3v) is 6.43. The Morgan fingerprint density at radius 2 is 1.79 bits per heavy atom. The predicted molar refractivity (Wildman–Crippen MR) is 108 cm³/mol. The third-order valence-electron chi connectivity index (χ3n) is 3.52. The van der Waals surface area contributed by atoms with Gasteiger partial charge in [-0.05, 0) is 30.3 Å². The van der Waals surface area contributed by atoms with Gasteiger partial charge in [-0.1, -0.05) is 41.1 Å². The number of ether oxygens (including phenoxy) is 1. The summed E-state index contributed by atoms with van der Waals surface area (Å²) in [5.74, 6) is -1.10. The van der Waals surface area contributed by atoms with E-state index in [1.54, 1.807) is 30.3 Å². The first-order chi connectivity index (χ1) is 13.8. The number of hydrogen-bond donors (Lipinski definition) is 2. The van der Waals surface area contributed by atoms with Crippen molar-refractivity contribution >= 4 is 55.7 Å². The molecule has 0 atom stereocenters. The lowest BCUT2D eigenvalue weighted by molar-refractivity contribution is 0.0600. The van der Waals surface area contributed by atoms with Gasteiger partial charge in [-0.15, -0.1) is 10.2 Å². The number of nitrogens with zero attached hydrogens (tertiary/aromatic N) is 2. The Labute approximate surface area is 174 Å². The monoisotopic (exact) mass is 452 g/mol. The Kier molecular flexibility index (Phi) is 6.11. The van der Waals surface area contributed by atoms with Gasteiger partial charge in [-0.3, -0.25) is 14.8 Å². The van der Waals surface area contributed by atoms with Gasteiger partial charge in [0.25, 0.3) is 20.3 Å². The second kappa shape index (κ2) is 8.55. The van der Waals surface area contributed by atoms with Crippen molar-refractivity contribution in [3.8, 4) is 0 Å². The number of methoxy groups -OCH3 is 1. The van der Waals surface area contributed by atoms with Crippen LogP contribution in [0.2, 0.25) is 5.02 Å². The van der Waals surface area contributed by atoms with Crippen molar-refractivity contribution < 1.29 is 22.7 Å². The molecule has 29 heavy (non-hydrogen) atoms. The van der Waals surface area contributed by atoms with Crippen LogP contribution in [0.1, 0.15) is 20.7 Å². The number of amides is 1. The highest BCUT2D eigenvalue weighted by molar-refractivity contribution is 7.94. The molecule has 0 saturated carbocycles. The molecule has 0 spiro atoms. The maximum atomic E-state index is 12.6.